The lowest BCUT2D eigenvalue weighted by atomic mass is 9.80. The van der Waals surface area contributed by atoms with Crippen LogP contribution in [0.15, 0.2) is 91.0 Å². The van der Waals surface area contributed by atoms with Gasteiger partial charge in [-0.1, -0.05) is 96.9 Å². The quantitative estimate of drug-likeness (QED) is 0.316. The van der Waals surface area contributed by atoms with Gasteiger partial charge in [-0.2, -0.15) is 0 Å². The number of terminal acetylenes is 1. The van der Waals surface area contributed by atoms with Gasteiger partial charge in [0.15, 0.2) is 0 Å². The van der Waals surface area contributed by atoms with E-state index in [-0.39, 0.29) is 6.61 Å². The highest BCUT2D eigenvalue weighted by Gasteiger charge is 2.39. The molecule has 0 heterocycles. The van der Waals surface area contributed by atoms with E-state index in [9.17, 15) is 20.4 Å². The first kappa shape index (κ1) is 22.7. The Balaban J connectivity index is 2.04. The van der Waals surface area contributed by atoms with E-state index in [0.29, 0.717) is 0 Å². The average Bonchev–Trinajstić information content (AvgIpc) is 2.84. The van der Waals surface area contributed by atoms with Crippen LogP contribution in [0, 0.1) is 12.3 Å². The average molecular weight is 418 g/mol. The van der Waals surface area contributed by atoms with Crippen LogP contribution < -0.4 is 0 Å². The van der Waals surface area contributed by atoms with Crippen molar-refractivity contribution in [3.63, 3.8) is 0 Å². The van der Waals surface area contributed by atoms with Crippen LogP contribution in [0.2, 0.25) is 0 Å². The van der Waals surface area contributed by atoms with Crippen molar-refractivity contribution >= 4 is 0 Å². The first-order chi connectivity index (χ1) is 15.0. The molecule has 4 atom stereocenters. The third kappa shape index (κ3) is 4.86. The van der Waals surface area contributed by atoms with Crippen LogP contribution in [0.25, 0.3) is 0 Å². The molecule has 4 N–H and O–H groups in total. The number of ether oxygens (including phenoxy) is 1. The fourth-order valence-corrected chi connectivity index (χ4v) is 3.59. The SMILES string of the molecule is C#C[C@H](O)[C@@H](O)[C@@H](O)[C@H](O)COC(c1ccccc1)(c1ccccc1)c1ccccc1. The molecule has 5 nitrogen and oxygen atoms in total. The van der Waals surface area contributed by atoms with Crippen LogP contribution in [0.4, 0.5) is 0 Å². The van der Waals surface area contributed by atoms with Crippen LogP contribution in [0.3, 0.4) is 0 Å². The Kier molecular flexibility index (Phi) is 7.59. The molecule has 3 rings (SSSR count). The summed E-state index contributed by atoms with van der Waals surface area (Å²) in [6.45, 7) is -0.325. The van der Waals surface area contributed by atoms with Crippen molar-refractivity contribution in [2.75, 3.05) is 6.61 Å². The van der Waals surface area contributed by atoms with Gasteiger partial charge in [-0.15, -0.1) is 6.42 Å². The molecule has 0 saturated heterocycles. The normalized spacial score (nSPS) is 15.5. The Morgan fingerprint density at radius 3 is 1.42 bits per heavy atom. The van der Waals surface area contributed by atoms with Crippen molar-refractivity contribution in [3.8, 4) is 12.3 Å². The maximum atomic E-state index is 10.5. The number of benzene rings is 3. The second-order valence-electron chi connectivity index (χ2n) is 7.25. The molecule has 0 amide bonds. The lowest BCUT2D eigenvalue weighted by Crippen LogP contribution is -2.47. The van der Waals surface area contributed by atoms with Crippen molar-refractivity contribution in [1.29, 1.82) is 0 Å². The topological polar surface area (TPSA) is 90.2 Å². The largest absolute Gasteiger partial charge is 0.388 e. The van der Waals surface area contributed by atoms with Gasteiger partial charge in [0.25, 0.3) is 0 Å². The van der Waals surface area contributed by atoms with E-state index in [1.54, 1.807) is 0 Å². The van der Waals surface area contributed by atoms with Crippen LogP contribution in [0.5, 0.6) is 0 Å². The smallest absolute Gasteiger partial charge is 0.143 e. The standard InChI is InChI=1S/C26H26O5/c1-2-22(27)24(29)25(30)23(28)18-31-26(19-12-6-3-7-13-19,20-14-8-4-9-15-20)21-16-10-5-11-17-21/h1,3-17,22-25,27-30H,18H2/t22-,23+,24+,25-/m0/s1. The van der Waals surface area contributed by atoms with Crippen molar-refractivity contribution in [1.82, 2.24) is 0 Å². The first-order valence-corrected chi connectivity index (χ1v) is 9.99. The Labute approximate surface area is 182 Å². The maximum Gasteiger partial charge on any atom is 0.143 e. The molecule has 160 valence electrons. The number of hydrogen-bond acceptors (Lipinski definition) is 5. The van der Waals surface area contributed by atoms with E-state index >= 15 is 0 Å². The van der Waals surface area contributed by atoms with Crippen LogP contribution >= 0.6 is 0 Å². The summed E-state index contributed by atoms with van der Waals surface area (Å²) in [4.78, 5) is 0. The number of aliphatic hydroxyl groups excluding tert-OH is 4. The van der Waals surface area contributed by atoms with Crippen LogP contribution in [-0.2, 0) is 10.3 Å². The molecule has 0 aliphatic heterocycles. The monoisotopic (exact) mass is 418 g/mol. The van der Waals surface area contributed by atoms with Gasteiger partial charge >= 0.3 is 0 Å². The highest BCUT2D eigenvalue weighted by atomic mass is 16.5. The van der Waals surface area contributed by atoms with Gasteiger partial charge in [-0.3, -0.25) is 0 Å². The van der Waals surface area contributed by atoms with Gasteiger partial charge in [0.1, 0.15) is 30.0 Å². The summed E-state index contributed by atoms with van der Waals surface area (Å²) in [5, 5.41) is 40.4. The molecule has 0 bridgehead atoms. The molecule has 0 aliphatic carbocycles. The minimum atomic E-state index is -1.71. The van der Waals surface area contributed by atoms with Crippen molar-refractivity contribution in [2.24, 2.45) is 0 Å². The zero-order chi connectivity index (χ0) is 22.3. The molecule has 0 aliphatic rings. The van der Waals surface area contributed by atoms with Crippen molar-refractivity contribution < 1.29 is 25.2 Å². The van der Waals surface area contributed by atoms with Crippen LogP contribution in [-0.4, -0.2) is 51.4 Å². The molecule has 5 heteroatoms. The molecule has 0 unspecified atom stereocenters. The molecule has 0 spiro atoms. The predicted molar refractivity (Wildman–Crippen MR) is 118 cm³/mol. The van der Waals surface area contributed by atoms with E-state index in [2.05, 4.69) is 0 Å². The highest BCUT2D eigenvalue weighted by Crippen LogP contribution is 2.40. The molecular weight excluding hydrogens is 392 g/mol. The maximum absolute atomic E-state index is 10.5. The van der Waals surface area contributed by atoms with Crippen LogP contribution in [0.1, 0.15) is 16.7 Å². The molecule has 0 saturated carbocycles. The molecule has 0 fully saturated rings. The second-order valence-corrected chi connectivity index (χ2v) is 7.25. The first-order valence-electron chi connectivity index (χ1n) is 9.99. The molecule has 31 heavy (non-hydrogen) atoms. The van der Waals surface area contributed by atoms with Gasteiger partial charge in [0.05, 0.1) is 6.61 Å². The fraction of sp³-hybridized carbons (Fsp3) is 0.231. The molecular formula is C26H26O5. The zero-order valence-electron chi connectivity index (χ0n) is 17.0. The van der Waals surface area contributed by atoms with Gasteiger partial charge in [-0.25, -0.2) is 0 Å². The summed E-state index contributed by atoms with van der Waals surface area (Å²) in [7, 11) is 0. The molecule has 0 aromatic heterocycles. The number of hydrogen-bond donors (Lipinski definition) is 4. The summed E-state index contributed by atoms with van der Waals surface area (Å²) in [5.41, 5.74) is 1.41. The number of aliphatic hydroxyl groups is 4. The minimum absolute atomic E-state index is 0.325. The summed E-state index contributed by atoms with van der Waals surface area (Å²) in [6, 6.07) is 28.7. The lowest BCUT2D eigenvalue weighted by Gasteiger charge is -2.37. The van der Waals surface area contributed by atoms with Gasteiger partial charge in [-0.05, 0) is 16.7 Å². The molecule has 3 aromatic rings. The molecule has 3 aromatic carbocycles. The summed E-state index contributed by atoms with van der Waals surface area (Å²) in [6.07, 6.45) is -1.39. The fourth-order valence-electron chi connectivity index (χ4n) is 3.59. The Bertz CT molecular complexity index is 872. The third-order valence-electron chi connectivity index (χ3n) is 5.25. The molecule has 0 radical (unpaired) electrons. The van der Waals surface area contributed by atoms with Gasteiger partial charge < -0.3 is 25.2 Å². The van der Waals surface area contributed by atoms with Gasteiger partial charge in [0.2, 0.25) is 0 Å². The summed E-state index contributed by atoms with van der Waals surface area (Å²) in [5.74, 6) is 1.94. The highest BCUT2D eigenvalue weighted by molar-refractivity contribution is 5.47. The second kappa shape index (κ2) is 10.4. The van der Waals surface area contributed by atoms with Gasteiger partial charge in [0, 0.05) is 0 Å². The lowest BCUT2D eigenvalue weighted by molar-refractivity contribution is -0.126. The summed E-state index contributed by atoms with van der Waals surface area (Å²) >= 11 is 0. The van der Waals surface area contributed by atoms with E-state index in [1.807, 2.05) is 96.9 Å². The zero-order valence-corrected chi connectivity index (χ0v) is 17.0. The van der Waals surface area contributed by atoms with Crippen molar-refractivity contribution in [2.45, 2.75) is 30.0 Å². The van der Waals surface area contributed by atoms with Crippen molar-refractivity contribution in [3.05, 3.63) is 108 Å². The summed E-state index contributed by atoms with van der Waals surface area (Å²) < 4.78 is 6.38. The van der Waals surface area contributed by atoms with E-state index < -0.39 is 30.0 Å². The van der Waals surface area contributed by atoms with E-state index in [1.165, 1.54) is 0 Å². The number of rotatable bonds is 9. The third-order valence-corrected chi connectivity index (χ3v) is 5.25. The Morgan fingerprint density at radius 2 is 1.06 bits per heavy atom. The van der Waals surface area contributed by atoms with E-state index in [4.69, 9.17) is 11.2 Å². The predicted octanol–water partition coefficient (Wildman–Crippen LogP) is 2.07. The van der Waals surface area contributed by atoms with E-state index in [0.717, 1.165) is 16.7 Å². The Morgan fingerprint density at radius 1 is 0.677 bits per heavy atom. The minimum Gasteiger partial charge on any atom is -0.388 e. The Hall–Kier alpha value is -2.98.